The molecule has 2 aromatic carbocycles. The number of nitrogens with one attached hydrogen (secondary N) is 1. The number of anilines is 1. The molecule has 1 saturated carbocycles. The Balaban J connectivity index is 1.17. The lowest BCUT2D eigenvalue weighted by atomic mass is 9.60. The zero-order chi connectivity index (χ0) is 38.3. The quantitative estimate of drug-likeness (QED) is 0.188. The molecule has 288 valence electrons. The molecule has 1 saturated heterocycles. The second-order valence-corrected chi connectivity index (χ2v) is 18.1. The molecule has 12 nitrogen and oxygen atoms in total. The van der Waals surface area contributed by atoms with Gasteiger partial charge in [0.25, 0.3) is 0 Å². The number of aliphatic hydroxyl groups excluding tert-OH is 5. The highest BCUT2D eigenvalue weighted by atomic mass is 33.1. The number of aliphatic hydroxyl groups is 6. The second-order valence-electron chi connectivity index (χ2n) is 15.6. The van der Waals surface area contributed by atoms with Crippen molar-refractivity contribution in [2.45, 2.75) is 80.2 Å². The largest absolute Gasteiger partial charge is 0.511 e. The fraction of sp³-hybridized carbons (Fsp3) is 0.439. The number of allylic oxidation sites excluding steroid dienone is 4. The van der Waals surface area contributed by atoms with Crippen molar-refractivity contribution in [1.82, 2.24) is 4.98 Å². The van der Waals surface area contributed by atoms with Gasteiger partial charge in [-0.1, -0.05) is 64.1 Å². The number of Topliss-reactive ketones (excluding diaryl/α,β-unsaturated/α-hetero) is 2. The number of benzene rings is 2. The summed E-state index contributed by atoms with van der Waals surface area (Å²) in [7, 11) is 2.89. The Morgan fingerprint density at radius 2 is 1.85 bits per heavy atom. The third kappa shape index (κ3) is 5.63. The first-order valence-corrected chi connectivity index (χ1v) is 21.0. The predicted octanol–water partition coefficient (Wildman–Crippen LogP) is 3.83. The molecule has 3 aromatic rings. The van der Waals surface area contributed by atoms with E-state index in [4.69, 9.17) is 9.47 Å². The molecule has 9 bridgehead atoms. The first-order valence-electron chi connectivity index (χ1n) is 18.6. The van der Waals surface area contributed by atoms with Gasteiger partial charge in [-0.25, -0.2) is 4.98 Å². The van der Waals surface area contributed by atoms with Gasteiger partial charge < -0.3 is 45.4 Å². The Kier molecular flexibility index (Phi) is 9.21. The molecule has 14 heteroatoms. The number of carbonyl (C=O) groups is 2. The number of aromatic nitrogens is 1. The SMILES string of the molecule is O=C1c2cccc3c2C(=O)C2(CSSC4CCc5c(ccnc5N4)CC4CCC5(CO)OC(O3)C(O)C4(O)C5O)C(O)=CC(Cc3cccc(CO)c3)=CC12. The highest BCUT2D eigenvalue weighted by Gasteiger charge is 2.68. The Labute approximate surface area is 325 Å². The van der Waals surface area contributed by atoms with Gasteiger partial charge >= 0.3 is 0 Å². The van der Waals surface area contributed by atoms with E-state index in [9.17, 15) is 35.4 Å². The van der Waals surface area contributed by atoms with Crippen LogP contribution in [0.2, 0.25) is 0 Å². The number of nitrogens with zero attached hydrogens (tertiary/aromatic N) is 1. The van der Waals surface area contributed by atoms with Crippen LogP contribution in [0.5, 0.6) is 5.75 Å². The van der Waals surface area contributed by atoms with E-state index in [1.54, 1.807) is 30.5 Å². The fourth-order valence-electron chi connectivity index (χ4n) is 9.62. The van der Waals surface area contributed by atoms with E-state index >= 15 is 4.79 Å². The van der Waals surface area contributed by atoms with E-state index in [0.29, 0.717) is 43.5 Å². The van der Waals surface area contributed by atoms with Crippen LogP contribution in [-0.4, -0.2) is 94.6 Å². The molecule has 9 atom stereocenters. The minimum absolute atomic E-state index is 0.0368. The monoisotopic (exact) mass is 786 g/mol. The van der Waals surface area contributed by atoms with E-state index in [1.165, 1.54) is 33.7 Å². The van der Waals surface area contributed by atoms with Crippen LogP contribution in [0.25, 0.3) is 0 Å². The summed E-state index contributed by atoms with van der Waals surface area (Å²) >= 11 is 0. The van der Waals surface area contributed by atoms with Crippen molar-refractivity contribution in [1.29, 1.82) is 0 Å². The van der Waals surface area contributed by atoms with Gasteiger partial charge in [0.05, 0.1) is 30.1 Å². The van der Waals surface area contributed by atoms with Gasteiger partial charge in [0.15, 0.2) is 11.6 Å². The molecule has 1 aromatic heterocycles. The van der Waals surface area contributed by atoms with Crippen LogP contribution in [0.15, 0.2) is 78.2 Å². The van der Waals surface area contributed by atoms with Crippen LogP contribution < -0.4 is 10.1 Å². The minimum Gasteiger partial charge on any atom is -0.511 e. The Hall–Kier alpha value is -3.73. The number of fused-ring (bicyclic) bond motifs is 4. The van der Waals surface area contributed by atoms with E-state index in [0.717, 1.165) is 22.3 Å². The molecule has 7 N–H and O–H groups in total. The minimum atomic E-state index is -2.19. The van der Waals surface area contributed by atoms with Crippen molar-refractivity contribution in [3.05, 3.63) is 112 Å². The van der Waals surface area contributed by atoms with Crippen molar-refractivity contribution in [3.8, 4) is 5.75 Å². The lowest BCUT2D eigenvalue weighted by molar-refractivity contribution is -0.376. The average Bonchev–Trinajstić information content (AvgIpc) is 3.19. The molecular formula is C41H42N2O10S2. The average molecular weight is 787 g/mol. The second kappa shape index (κ2) is 13.7. The Morgan fingerprint density at radius 3 is 2.67 bits per heavy atom. The number of ether oxygens (including phenoxy) is 2. The fourth-order valence-corrected chi connectivity index (χ4v) is 12.6. The summed E-state index contributed by atoms with van der Waals surface area (Å²) in [5.41, 5.74) is -1.46. The molecule has 7 aliphatic rings. The van der Waals surface area contributed by atoms with Crippen molar-refractivity contribution >= 4 is 39.0 Å². The zero-order valence-corrected chi connectivity index (χ0v) is 31.4. The first kappa shape index (κ1) is 36.9. The van der Waals surface area contributed by atoms with Gasteiger partial charge in [0.2, 0.25) is 6.29 Å². The Morgan fingerprint density at radius 1 is 1.04 bits per heavy atom. The van der Waals surface area contributed by atoms with Crippen molar-refractivity contribution < 1.29 is 49.7 Å². The summed E-state index contributed by atoms with van der Waals surface area (Å²) in [6.45, 7) is -0.806. The summed E-state index contributed by atoms with van der Waals surface area (Å²) < 4.78 is 12.5. The predicted molar refractivity (Wildman–Crippen MR) is 205 cm³/mol. The lowest BCUT2D eigenvalue weighted by Gasteiger charge is -2.59. The molecule has 0 amide bonds. The summed E-state index contributed by atoms with van der Waals surface area (Å²) in [6, 6.07) is 13.8. The topological polar surface area (TPSA) is 199 Å². The number of carbonyl (C=O) groups excluding carboxylic acids is 2. The third-order valence-electron chi connectivity index (χ3n) is 12.6. The number of ketones is 2. The maximum absolute atomic E-state index is 15.2. The van der Waals surface area contributed by atoms with Crippen LogP contribution in [0, 0.1) is 17.3 Å². The molecule has 2 fully saturated rings. The number of hydrogen-bond donors (Lipinski definition) is 7. The van der Waals surface area contributed by atoms with Gasteiger partial charge in [-0.3, -0.25) is 9.59 Å². The van der Waals surface area contributed by atoms with Gasteiger partial charge in [-0.2, -0.15) is 0 Å². The van der Waals surface area contributed by atoms with Crippen molar-refractivity contribution in [2.24, 2.45) is 17.3 Å². The molecule has 10 rings (SSSR count). The smallest absolute Gasteiger partial charge is 0.229 e. The van der Waals surface area contributed by atoms with E-state index in [-0.39, 0.29) is 46.8 Å². The molecule has 55 heavy (non-hydrogen) atoms. The summed E-state index contributed by atoms with van der Waals surface area (Å²) in [5.74, 6) is -2.31. The van der Waals surface area contributed by atoms with E-state index < -0.39 is 65.1 Å². The van der Waals surface area contributed by atoms with Crippen LogP contribution >= 0.6 is 21.6 Å². The molecule has 9 unspecified atom stereocenters. The van der Waals surface area contributed by atoms with Crippen LogP contribution in [0.1, 0.15) is 62.2 Å². The molecule has 0 radical (unpaired) electrons. The summed E-state index contributed by atoms with van der Waals surface area (Å²) in [5, 5.41) is 71.9. The molecular weight excluding hydrogens is 745 g/mol. The standard InChI is InChI=1S/C41H42N2O10S2/c44-18-22-4-1-3-21(13-22)14-23-15-28-33(47)27-5-2-6-29-32(27)34(48)40(28,30(46)16-23)20-54-55-31-8-7-26-24(10-12-42-36(26)43-31)17-25-9-11-39(19-45)38(50)41(25,51)35(49)37(52-29)53-39/h1-6,10,12-13,15-16,25,28,31,35,37-38,44-46,49-51H,7-9,11,14,17-20H2,(H,42,43). The van der Waals surface area contributed by atoms with E-state index in [2.05, 4.69) is 10.3 Å². The van der Waals surface area contributed by atoms with Crippen LogP contribution in [0.4, 0.5) is 5.82 Å². The number of pyridine rings is 1. The molecule has 3 aliphatic carbocycles. The first-order chi connectivity index (χ1) is 26.5. The molecule has 4 aliphatic heterocycles. The zero-order valence-electron chi connectivity index (χ0n) is 29.8. The summed E-state index contributed by atoms with van der Waals surface area (Å²) in [4.78, 5) is 34.5. The normalized spacial score (nSPS) is 35.1. The third-order valence-corrected chi connectivity index (χ3v) is 15.4. The number of hydrogen-bond acceptors (Lipinski definition) is 14. The molecule has 1 spiro atoms. The van der Waals surface area contributed by atoms with Gasteiger partial charge in [-0.05, 0) is 90.5 Å². The number of rotatable bonds is 4. The highest BCUT2D eigenvalue weighted by Crippen LogP contribution is 2.55. The highest BCUT2D eigenvalue weighted by molar-refractivity contribution is 8.77. The maximum Gasteiger partial charge on any atom is 0.229 e. The summed E-state index contributed by atoms with van der Waals surface area (Å²) in [6.07, 6.45) is 2.34. The van der Waals surface area contributed by atoms with Gasteiger partial charge in [0.1, 0.15) is 46.2 Å². The molecule has 5 heterocycles. The Bertz CT molecular complexity index is 2140. The van der Waals surface area contributed by atoms with Crippen LogP contribution in [0.3, 0.4) is 0 Å². The van der Waals surface area contributed by atoms with Gasteiger partial charge in [0, 0.05) is 17.5 Å². The maximum atomic E-state index is 15.2. The van der Waals surface area contributed by atoms with Crippen molar-refractivity contribution in [2.75, 3.05) is 17.7 Å². The van der Waals surface area contributed by atoms with E-state index in [1.807, 2.05) is 24.3 Å². The lowest BCUT2D eigenvalue weighted by Crippen LogP contribution is -2.78. The van der Waals surface area contributed by atoms with Gasteiger partial charge in [-0.15, -0.1) is 0 Å². The van der Waals surface area contributed by atoms with Crippen molar-refractivity contribution in [3.63, 3.8) is 0 Å². The van der Waals surface area contributed by atoms with Crippen LogP contribution in [-0.2, 0) is 30.6 Å².